The molecular weight excluding hydrogens is 273 g/mol. The molecule has 6 heteroatoms. The van der Waals surface area contributed by atoms with Crippen LogP contribution >= 0.6 is 0 Å². The molecule has 21 heavy (non-hydrogen) atoms. The molecule has 2 aromatic carbocycles. The van der Waals surface area contributed by atoms with Crippen molar-refractivity contribution >= 4 is 28.2 Å². The number of fused-ring (bicyclic) bond motifs is 1. The van der Waals surface area contributed by atoms with Crippen molar-refractivity contribution in [1.82, 2.24) is 4.98 Å². The van der Waals surface area contributed by atoms with E-state index in [0.717, 1.165) is 0 Å². The summed E-state index contributed by atoms with van der Waals surface area (Å²) >= 11 is 0. The lowest BCUT2D eigenvalue weighted by Crippen LogP contribution is -2.17. The van der Waals surface area contributed by atoms with E-state index in [2.05, 4.69) is 4.98 Å². The molecule has 0 aliphatic rings. The van der Waals surface area contributed by atoms with Crippen LogP contribution in [0.1, 0.15) is 6.92 Å². The quantitative estimate of drug-likeness (QED) is 0.726. The van der Waals surface area contributed by atoms with E-state index in [4.69, 9.17) is 10.2 Å². The summed E-state index contributed by atoms with van der Waals surface area (Å²) in [6.45, 7) is 2.54. The van der Waals surface area contributed by atoms with Gasteiger partial charge in [-0.05, 0) is 31.2 Å². The molecular formula is C15H14FN3O2. The highest BCUT2D eigenvalue weighted by molar-refractivity contribution is 5.87. The molecule has 0 aliphatic carbocycles. The zero-order valence-corrected chi connectivity index (χ0v) is 11.4. The largest absolute Gasteiger partial charge is 0.417 e. The van der Waals surface area contributed by atoms with E-state index < -0.39 is 5.76 Å². The molecule has 0 bridgehead atoms. The monoisotopic (exact) mass is 287 g/mol. The summed E-state index contributed by atoms with van der Waals surface area (Å²) in [5, 5.41) is 0. The molecule has 0 atom stereocenters. The average Bonchev–Trinajstić information content (AvgIpc) is 2.79. The van der Waals surface area contributed by atoms with Gasteiger partial charge in [-0.3, -0.25) is 4.98 Å². The van der Waals surface area contributed by atoms with Gasteiger partial charge >= 0.3 is 5.76 Å². The van der Waals surface area contributed by atoms with Gasteiger partial charge in [0.2, 0.25) is 0 Å². The van der Waals surface area contributed by atoms with Gasteiger partial charge in [0.25, 0.3) is 0 Å². The highest BCUT2D eigenvalue weighted by Crippen LogP contribution is 2.33. The van der Waals surface area contributed by atoms with Crippen molar-refractivity contribution < 1.29 is 8.81 Å². The van der Waals surface area contributed by atoms with Crippen LogP contribution in [0.15, 0.2) is 45.6 Å². The third-order valence-corrected chi connectivity index (χ3v) is 3.30. The summed E-state index contributed by atoms with van der Waals surface area (Å²) in [5.41, 5.74) is 8.82. The molecule has 0 aliphatic heterocycles. The summed E-state index contributed by atoms with van der Waals surface area (Å²) in [4.78, 5) is 15.7. The van der Waals surface area contributed by atoms with Crippen LogP contribution in [-0.2, 0) is 0 Å². The highest BCUT2D eigenvalue weighted by atomic mass is 19.1. The minimum atomic E-state index is -0.532. The van der Waals surface area contributed by atoms with Gasteiger partial charge in [0, 0.05) is 18.3 Å². The second kappa shape index (κ2) is 4.97. The molecule has 0 radical (unpaired) electrons. The number of rotatable bonds is 3. The van der Waals surface area contributed by atoms with Crippen LogP contribution in [0.4, 0.5) is 21.5 Å². The van der Waals surface area contributed by atoms with E-state index in [0.29, 0.717) is 34.7 Å². The molecule has 0 unspecified atom stereocenters. The van der Waals surface area contributed by atoms with Crippen LogP contribution in [0.5, 0.6) is 0 Å². The highest BCUT2D eigenvalue weighted by Gasteiger charge is 2.14. The van der Waals surface area contributed by atoms with Crippen LogP contribution in [0, 0.1) is 5.82 Å². The summed E-state index contributed by atoms with van der Waals surface area (Å²) in [6.07, 6.45) is 0. The number of nitrogens with two attached hydrogens (primary N) is 1. The third kappa shape index (κ3) is 2.35. The molecule has 3 rings (SSSR count). The number of benzene rings is 2. The maximum absolute atomic E-state index is 13.4. The van der Waals surface area contributed by atoms with Gasteiger partial charge in [-0.25, -0.2) is 9.18 Å². The Balaban J connectivity index is 2.16. The average molecular weight is 287 g/mol. The van der Waals surface area contributed by atoms with Crippen LogP contribution in [0.2, 0.25) is 0 Å². The van der Waals surface area contributed by atoms with Crippen LogP contribution < -0.4 is 16.4 Å². The second-order valence-electron chi connectivity index (χ2n) is 4.65. The molecule has 108 valence electrons. The summed E-state index contributed by atoms with van der Waals surface area (Å²) < 4.78 is 18.4. The fourth-order valence-electron chi connectivity index (χ4n) is 2.37. The Morgan fingerprint density at radius 3 is 2.86 bits per heavy atom. The van der Waals surface area contributed by atoms with Crippen molar-refractivity contribution in [2.24, 2.45) is 0 Å². The lowest BCUT2D eigenvalue weighted by molar-refractivity contribution is 0.555. The number of H-pyrrole nitrogens is 1. The van der Waals surface area contributed by atoms with Crippen molar-refractivity contribution in [2.75, 3.05) is 17.2 Å². The molecule has 0 spiro atoms. The minimum absolute atomic E-state index is 0.317. The Kier molecular flexibility index (Phi) is 3.13. The van der Waals surface area contributed by atoms with Gasteiger partial charge in [0.15, 0.2) is 5.58 Å². The van der Waals surface area contributed by atoms with Crippen molar-refractivity contribution in [3.63, 3.8) is 0 Å². The predicted molar refractivity (Wildman–Crippen MR) is 80.3 cm³/mol. The van der Waals surface area contributed by atoms with Gasteiger partial charge in [-0.2, -0.15) is 0 Å². The Morgan fingerprint density at radius 1 is 1.33 bits per heavy atom. The topological polar surface area (TPSA) is 75.3 Å². The normalized spacial score (nSPS) is 11.0. The molecule has 0 fully saturated rings. The molecule has 0 amide bonds. The van der Waals surface area contributed by atoms with Gasteiger partial charge < -0.3 is 15.1 Å². The maximum Gasteiger partial charge on any atom is 0.417 e. The molecule has 3 N–H and O–H groups in total. The molecule has 1 aromatic heterocycles. The number of halogens is 1. The van der Waals surface area contributed by atoms with E-state index in [1.807, 2.05) is 11.8 Å². The van der Waals surface area contributed by atoms with Gasteiger partial charge in [-0.1, -0.05) is 6.07 Å². The van der Waals surface area contributed by atoms with Crippen molar-refractivity contribution in [1.29, 1.82) is 0 Å². The Morgan fingerprint density at radius 2 is 2.14 bits per heavy atom. The van der Waals surface area contributed by atoms with E-state index in [9.17, 15) is 9.18 Å². The van der Waals surface area contributed by atoms with E-state index >= 15 is 0 Å². The second-order valence-corrected chi connectivity index (χ2v) is 4.65. The number of aromatic nitrogens is 1. The number of nitrogens with zero attached hydrogens (tertiary/aromatic N) is 1. The Bertz CT molecular complexity index is 853. The lowest BCUT2D eigenvalue weighted by atomic mass is 10.2. The van der Waals surface area contributed by atoms with E-state index in [1.54, 1.807) is 24.3 Å². The lowest BCUT2D eigenvalue weighted by Gasteiger charge is -2.24. The first-order valence-electron chi connectivity index (χ1n) is 6.54. The fourth-order valence-corrected chi connectivity index (χ4v) is 2.37. The van der Waals surface area contributed by atoms with Gasteiger partial charge in [0.1, 0.15) is 5.82 Å². The standard InChI is InChI=1S/C15H14FN3O2/c1-2-19(10-5-3-4-9(16)6-10)13-8-12-14(7-11(13)17)21-15(20)18-12/h3-8H,2,17H2,1H3,(H,18,20). The summed E-state index contributed by atoms with van der Waals surface area (Å²) in [6, 6.07) is 9.58. The number of oxazole rings is 1. The predicted octanol–water partition coefficient (Wildman–Crippen LogP) is 3.00. The minimum Gasteiger partial charge on any atom is -0.408 e. The van der Waals surface area contributed by atoms with E-state index in [1.165, 1.54) is 12.1 Å². The maximum atomic E-state index is 13.4. The van der Waals surface area contributed by atoms with Crippen LogP contribution in [-0.4, -0.2) is 11.5 Å². The summed E-state index contributed by atoms with van der Waals surface area (Å²) in [5.74, 6) is -0.849. The zero-order chi connectivity index (χ0) is 15.0. The molecule has 0 saturated carbocycles. The number of anilines is 3. The van der Waals surface area contributed by atoms with E-state index in [-0.39, 0.29) is 5.82 Å². The van der Waals surface area contributed by atoms with Crippen molar-refractivity contribution in [3.8, 4) is 0 Å². The third-order valence-electron chi connectivity index (χ3n) is 3.30. The first kappa shape index (κ1) is 13.2. The fraction of sp³-hybridized carbons (Fsp3) is 0.133. The molecule has 5 nitrogen and oxygen atoms in total. The smallest absolute Gasteiger partial charge is 0.408 e. The van der Waals surface area contributed by atoms with Crippen LogP contribution in [0.25, 0.3) is 11.1 Å². The number of hydrogen-bond acceptors (Lipinski definition) is 4. The number of nitrogens with one attached hydrogen (secondary N) is 1. The molecule has 3 aromatic rings. The van der Waals surface area contributed by atoms with Crippen molar-refractivity contribution in [3.05, 3.63) is 52.8 Å². The van der Waals surface area contributed by atoms with Crippen molar-refractivity contribution in [2.45, 2.75) is 6.92 Å². The number of hydrogen-bond donors (Lipinski definition) is 2. The Labute approximate surface area is 119 Å². The van der Waals surface area contributed by atoms with Crippen LogP contribution in [0.3, 0.4) is 0 Å². The van der Waals surface area contributed by atoms with Gasteiger partial charge in [-0.15, -0.1) is 0 Å². The number of nitrogen functional groups attached to an aromatic ring is 1. The SMILES string of the molecule is CCN(c1cccc(F)c1)c1cc2[nH]c(=O)oc2cc1N. The van der Waals surface area contributed by atoms with Gasteiger partial charge in [0.05, 0.1) is 16.9 Å². The zero-order valence-electron chi connectivity index (χ0n) is 11.4. The Hall–Kier alpha value is -2.76. The first-order valence-corrected chi connectivity index (χ1v) is 6.54. The summed E-state index contributed by atoms with van der Waals surface area (Å²) in [7, 11) is 0. The molecule has 0 saturated heterocycles. The molecule has 1 heterocycles. The number of aromatic amines is 1. The first-order chi connectivity index (χ1) is 10.1.